The zero-order valence-corrected chi connectivity index (χ0v) is 12.3. The fraction of sp³-hybridized carbons (Fsp3) is 0.857. The van der Waals surface area contributed by atoms with Crippen molar-refractivity contribution in [3.63, 3.8) is 0 Å². The Morgan fingerprint density at radius 1 is 1.37 bits per heavy atom. The molecule has 0 aliphatic carbocycles. The Bertz CT molecular complexity index is 395. The van der Waals surface area contributed by atoms with Gasteiger partial charge in [-0.25, -0.2) is 4.68 Å². The van der Waals surface area contributed by atoms with E-state index in [1.807, 2.05) is 24.7 Å². The van der Waals surface area contributed by atoms with E-state index in [0.29, 0.717) is 12.5 Å². The van der Waals surface area contributed by atoms with E-state index in [2.05, 4.69) is 24.2 Å². The second kappa shape index (κ2) is 6.01. The lowest BCUT2D eigenvalue weighted by molar-refractivity contribution is -0.0509. The van der Waals surface area contributed by atoms with E-state index >= 15 is 0 Å². The number of ether oxygens (including phenoxy) is 1. The third-order valence-corrected chi connectivity index (χ3v) is 3.79. The van der Waals surface area contributed by atoms with Crippen molar-refractivity contribution < 1.29 is 9.84 Å². The van der Waals surface area contributed by atoms with Crippen molar-refractivity contribution in [2.24, 2.45) is 5.92 Å². The fourth-order valence-electron chi connectivity index (χ4n) is 2.62. The van der Waals surface area contributed by atoms with E-state index in [9.17, 15) is 5.11 Å². The van der Waals surface area contributed by atoms with Crippen LogP contribution in [0, 0.1) is 5.92 Å². The van der Waals surface area contributed by atoms with Crippen LogP contribution in [0.5, 0.6) is 0 Å². The van der Waals surface area contributed by atoms with Crippen molar-refractivity contribution >= 4 is 0 Å². The molecule has 0 radical (unpaired) electrons. The smallest absolute Gasteiger partial charge is 0.0853 e. The van der Waals surface area contributed by atoms with Crippen LogP contribution in [0.3, 0.4) is 0 Å². The SMILES string of the molecule is CC(C)C(O)Cc1cn(C2C[C@@H](C)O[C@@H](C)C2)nn1. The highest BCUT2D eigenvalue weighted by atomic mass is 16.5. The van der Waals surface area contributed by atoms with Crippen LogP contribution in [0.4, 0.5) is 0 Å². The Labute approximate surface area is 115 Å². The van der Waals surface area contributed by atoms with Gasteiger partial charge in [0, 0.05) is 12.6 Å². The molecular weight excluding hydrogens is 242 g/mol. The van der Waals surface area contributed by atoms with E-state index in [1.165, 1.54) is 0 Å². The average molecular weight is 267 g/mol. The van der Waals surface area contributed by atoms with Gasteiger partial charge in [0.05, 0.1) is 30.0 Å². The second-order valence-corrected chi connectivity index (χ2v) is 6.09. The summed E-state index contributed by atoms with van der Waals surface area (Å²) in [6.45, 7) is 8.22. The van der Waals surface area contributed by atoms with Gasteiger partial charge < -0.3 is 9.84 Å². The van der Waals surface area contributed by atoms with Crippen LogP contribution in [-0.4, -0.2) is 38.4 Å². The molecule has 2 unspecified atom stereocenters. The molecular formula is C14H25N3O2. The third-order valence-electron chi connectivity index (χ3n) is 3.79. The van der Waals surface area contributed by atoms with Crippen LogP contribution in [0.1, 0.15) is 52.3 Å². The van der Waals surface area contributed by atoms with Crippen LogP contribution in [0.2, 0.25) is 0 Å². The lowest BCUT2D eigenvalue weighted by Crippen LogP contribution is -2.31. The van der Waals surface area contributed by atoms with Crippen molar-refractivity contribution in [2.75, 3.05) is 0 Å². The van der Waals surface area contributed by atoms with Gasteiger partial charge in [-0.3, -0.25) is 0 Å². The number of rotatable bonds is 4. The Balaban J connectivity index is 2.00. The van der Waals surface area contributed by atoms with Crippen molar-refractivity contribution in [3.8, 4) is 0 Å². The van der Waals surface area contributed by atoms with Gasteiger partial charge in [-0.05, 0) is 32.6 Å². The molecule has 0 aromatic carbocycles. The van der Waals surface area contributed by atoms with Gasteiger partial charge in [0.1, 0.15) is 0 Å². The highest BCUT2D eigenvalue weighted by Crippen LogP contribution is 2.28. The molecule has 1 aliphatic heterocycles. The average Bonchev–Trinajstić information content (AvgIpc) is 2.76. The Kier molecular flexibility index (Phi) is 4.58. The first-order chi connectivity index (χ1) is 8.95. The zero-order valence-electron chi connectivity index (χ0n) is 12.3. The van der Waals surface area contributed by atoms with Crippen molar-refractivity contribution in [3.05, 3.63) is 11.9 Å². The maximum Gasteiger partial charge on any atom is 0.0853 e. The van der Waals surface area contributed by atoms with Crippen LogP contribution in [-0.2, 0) is 11.2 Å². The topological polar surface area (TPSA) is 60.2 Å². The van der Waals surface area contributed by atoms with Gasteiger partial charge in [-0.1, -0.05) is 19.1 Å². The molecule has 19 heavy (non-hydrogen) atoms. The van der Waals surface area contributed by atoms with E-state index in [0.717, 1.165) is 18.5 Å². The summed E-state index contributed by atoms with van der Waals surface area (Å²) in [5, 5.41) is 18.3. The normalized spacial score (nSPS) is 29.7. The summed E-state index contributed by atoms with van der Waals surface area (Å²) in [6, 6.07) is 0.358. The van der Waals surface area contributed by atoms with Crippen LogP contribution < -0.4 is 0 Å². The lowest BCUT2D eigenvalue weighted by Gasteiger charge is -2.31. The molecule has 1 aromatic heterocycles. The van der Waals surface area contributed by atoms with Gasteiger partial charge in [-0.2, -0.15) is 0 Å². The van der Waals surface area contributed by atoms with Gasteiger partial charge in [0.2, 0.25) is 0 Å². The summed E-state index contributed by atoms with van der Waals surface area (Å²) in [7, 11) is 0. The second-order valence-electron chi connectivity index (χ2n) is 6.09. The van der Waals surface area contributed by atoms with E-state index < -0.39 is 0 Å². The summed E-state index contributed by atoms with van der Waals surface area (Å²) in [4.78, 5) is 0. The summed E-state index contributed by atoms with van der Waals surface area (Å²) in [6.07, 6.45) is 4.68. The minimum absolute atomic E-state index is 0.244. The highest BCUT2D eigenvalue weighted by Gasteiger charge is 2.26. The molecule has 4 atom stereocenters. The molecule has 5 heteroatoms. The molecule has 1 aromatic rings. The van der Waals surface area contributed by atoms with Crippen LogP contribution in [0.15, 0.2) is 6.20 Å². The summed E-state index contributed by atoms with van der Waals surface area (Å²) < 4.78 is 7.68. The van der Waals surface area contributed by atoms with Crippen molar-refractivity contribution in [2.45, 2.75) is 71.3 Å². The molecule has 0 saturated carbocycles. The van der Waals surface area contributed by atoms with Crippen molar-refractivity contribution in [1.82, 2.24) is 15.0 Å². The first-order valence-corrected chi connectivity index (χ1v) is 7.20. The Morgan fingerprint density at radius 2 is 2.00 bits per heavy atom. The first kappa shape index (κ1) is 14.5. The van der Waals surface area contributed by atoms with Gasteiger partial charge in [0.15, 0.2) is 0 Å². The number of aromatic nitrogens is 3. The van der Waals surface area contributed by atoms with Gasteiger partial charge in [0.25, 0.3) is 0 Å². The van der Waals surface area contributed by atoms with Crippen LogP contribution in [0.25, 0.3) is 0 Å². The maximum atomic E-state index is 9.89. The Hall–Kier alpha value is -0.940. The highest BCUT2D eigenvalue weighted by molar-refractivity contribution is 4.96. The molecule has 0 amide bonds. The minimum Gasteiger partial charge on any atom is -0.392 e. The molecule has 108 valence electrons. The molecule has 2 heterocycles. The maximum absolute atomic E-state index is 9.89. The lowest BCUT2D eigenvalue weighted by atomic mass is 10.00. The number of nitrogens with zero attached hydrogens (tertiary/aromatic N) is 3. The minimum atomic E-state index is -0.349. The van der Waals surface area contributed by atoms with E-state index in [-0.39, 0.29) is 24.2 Å². The fourth-order valence-corrected chi connectivity index (χ4v) is 2.62. The van der Waals surface area contributed by atoms with Gasteiger partial charge in [-0.15, -0.1) is 5.10 Å². The molecule has 1 fully saturated rings. The molecule has 0 bridgehead atoms. The number of hydrogen-bond acceptors (Lipinski definition) is 4. The monoisotopic (exact) mass is 267 g/mol. The van der Waals surface area contributed by atoms with Crippen molar-refractivity contribution in [1.29, 1.82) is 0 Å². The number of hydrogen-bond donors (Lipinski definition) is 1. The van der Waals surface area contributed by atoms with Gasteiger partial charge >= 0.3 is 0 Å². The third kappa shape index (κ3) is 3.76. The first-order valence-electron chi connectivity index (χ1n) is 7.20. The summed E-state index contributed by atoms with van der Waals surface area (Å²) in [5.41, 5.74) is 0.869. The molecule has 5 nitrogen and oxygen atoms in total. The van der Waals surface area contributed by atoms with Crippen LogP contribution >= 0.6 is 0 Å². The predicted molar refractivity (Wildman–Crippen MR) is 72.9 cm³/mol. The van der Waals surface area contributed by atoms with E-state index in [4.69, 9.17) is 4.74 Å². The molecule has 1 saturated heterocycles. The number of aliphatic hydroxyl groups excluding tert-OH is 1. The van der Waals surface area contributed by atoms with E-state index in [1.54, 1.807) is 0 Å². The number of aliphatic hydroxyl groups is 1. The predicted octanol–water partition coefficient (Wildman–Crippen LogP) is 1.97. The molecule has 0 spiro atoms. The molecule has 1 N–H and O–H groups in total. The molecule has 1 aliphatic rings. The molecule has 2 rings (SSSR count). The zero-order chi connectivity index (χ0) is 14.0. The Morgan fingerprint density at radius 3 is 2.58 bits per heavy atom. The standard InChI is InChI=1S/C14H25N3O2/c1-9(2)14(18)7-12-8-17(16-15-12)13-5-10(3)19-11(4)6-13/h8-11,13-14,18H,5-7H2,1-4H3/t10-,11+,13?,14?. The summed E-state index contributed by atoms with van der Waals surface area (Å²) >= 11 is 0. The summed E-state index contributed by atoms with van der Waals surface area (Å²) in [5.74, 6) is 0.244. The quantitative estimate of drug-likeness (QED) is 0.906. The largest absolute Gasteiger partial charge is 0.392 e.